The first kappa shape index (κ1) is 31.8. The highest BCUT2D eigenvalue weighted by molar-refractivity contribution is 6.04. The maximum Gasteiger partial charge on any atom is 0.335 e. The molecule has 3 aromatic carbocycles. The molecule has 1 heterocycles. The van der Waals surface area contributed by atoms with Crippen molar-refractivity contribution in [3.05, 3.63) is 95.6 Å². The van der Waals surface area contributed by atoms with Crippen LogP contribution in [0.4, 0.5) is 11.4 Å². The number of hydrogen-bond donors (Lipinski definition) is 1. The second-order valence-corrected chi connectivity index (χ2v) is 11.0. The van der Waals surface area contributed by atoms with Gasteiger partial charge in [-0.25, -0.2) is 4.79 Å². The molecule has 41 heavy (non-hydrogen) atoms. The quantitative estimate of drug-likeness (QED) is 0.317. The Morgan fingerprint density at radius 3 is 1.93 bits per heavy atom. The van der Waals surface area contributed by atoms with Crippen molar-refractivity contribution in [1.29, 1.82) is 0 Å². The first-order valence-corrected chi connectivity index (χ1v) is 14.3. The van der Waals surface area contributed by atoms with Crippen LogP contribution in [0.5, 0.6) is 0 Å². The smallest absolute Gasteiger partial charge is 0.335 e. The highest BCUT2D eigenvalue weighted by Crippen LogP contribution is 2.34. The fraction of sp³-hybridized carbons (Fsp3) is 0.412. The minimum absolute atomic E-state index is 0.203. The average Bonchev–Trinajstić information content (AvgIpc) is 3.00. The third kappa shape index (κ3) is 7.96. The molecule has 0 aliphatic carbocycles. The molecular weight excluding hydrogens is 514 g/mol. The summed E-state index contributed by atoms with van der Waals surface area (Å²) in [6.07, 6.45) is 1.66. The minimum atomic E-state index is -0.889. The molecule has 0 amide bonds. The number of nitrogens with zero attached hydrogens (tertiary/aromatic N) is 3. The predicted octanol–water partition coefficient (Wildman–Crippen LogP) is 5.75. The van der Waals surface area contributed by atoms with Crippen molar-refractivity contribution in [2.24, 2.45) is 5.92 Å². The van der Waals surface area contributed by atoms with Gasteiger partial charge in [-0.15, -0.1) is 0 Å². The van der Waals surface area contributed by atoms with Gasteiger partial charge in [-0.1, -0.05) is 50.6 Å². The van der Waals surface area contributed by atoms with Gasteiger partial charge in [-0.2, -0.15) is 0 Å². The molecule has 7 nitrogen and oxygen atoms in total. The number of carbonyl (C=O) groups is 2. The Labute approximate surface area is 245 Å². The molecule has 2 unspecified atom stereocenters. The summed E-state index contributed by atoms with van der Waals surface area (Å²) in [5.74, 6) is -0.460. The minimum Gasteiger partial charge on any atom is -0.478 e. The van der Waals surface area contributed by atoms with Gasteiger partial charge >= 0.3 is 5.97 Å². The largest absolute Gasteiger partial charge is 0.478 e. The highest BCUT2D eigenvalue weighted by Gasteiger charge is 2.45. The van der Waals surface area contributed by atoms with Crippen LogP contribution in [0.3, 0.4) is 0 Å². The van der Waals surface area contributed by atoms with Gasteiger partial charge in [0.2, 0.25) is 0 Å². The van der Waals surface area contributed by atoms with Crippen LogP contribution >= 0.6 is 0 Å². The van der Waals surface area contributed by atoms with Gasteiger partial charge in [0.05, 0.1) is 24.3 Å². The molecular formula is C34H45N3O4. The third-order valence-corrected chi connectivity index (χ3v) is 8.07. The SMILES string of the molecule is CCC(C)C(Cc1ccccc1)(C(=O)c1ccc(N2CCOCC2)cc1)N(C)C.CN(C)c1ccc(C(=O)O)cc1. The van der Waals surface area contributed by atoms with E-state index in [9.17, 15) is 9.59 Å². The van der Waals surface area contributed by atoms with Gasteiger partial charge < -0.3 is 19.6 Å². The number of morpholine rings is 1. The van der Waals surface area contributed by atoms with Gasteiger partial charge in [-0.05, 0) is 80.5 Å². The Hall–Kier alpha value is -3.68. The fourth-order valence-corrected chi connectivity index (χ4v) is 5.32. The number of benzene rings is 3. The van der Waals surface area contributed by atoms with E-state index in [1.807, 2.05) is 63.4 Å². The average molecular weight is 560 g/mol. The summed E-state index contributed by atoms with van der Waals surface area (Å²) < 4.78 is 5.45. The van der Waals surface area contributed by atoms with Crippen LogP contribution in [0.2, 0.25) is 0 Å². The van der Waals surface area contributed by atoms with Crippen LogP contribution in [0.1, 0.15) is 46.5 Å². The number of hydrogen-bond acceptors (Lipinski definition) is 6. The van der Waals surface area contributed by atoms with E-state index in [0.29, 0.717) is 12.0 Å². The number of Topliss-reactive ketones (excluding diaryl/α,β-unsaturated/α-hetero) is 1. The normalized spacial score (nSPS) is 15.3. The Morgan fingerprint density at radius 1 is 0.878 bits per heavy atom. The summed E-state index contributed by atoms with van der Waals surface area (Å²) in [6.45, 7) is 7.68. The molecule has 1 saturated heterocycles. The van der Waals surface area contributed by atoms with Crippen molar-refractivity contribution in [2.45, 2.75) is 32.2 Å². The van der Waals surface area contributed by atoms with Gasteiger partial charge in [-0.3, -0.25) is 9.69 Å². The lowest BCUT2D eigenvalue weighted by Gasteiger charge is -2.43. The Balaban J connectivity index is 0.000000322. The monoisotopic (exact) mass is 559 g/mol. The molecule has 1 fully saturated rings. The van der Waals surface area contributed by atoms with Crippen molar-refractivity contribution in [3.63, 3.8) is 0 Å². The van der Waals surface area contributed by atoms with Gasteiger partial charge in [0.25, 0.3) is 0 Å². The van der Waals surface area contributed by atoms with E-state index in [1.54, 1.807) is 24.3 Å². The van der Waals surface area contributed by atoms with Crippen molar-refractivity contribution in [3.8, 4) is 0 Å². The Kier molecular flexibility index (Phi) is 11.5. The zero-order valence-corrected chi connectivity index (χ0v) is 25.3. The number of aromatic carboxylic acids is 1. The van der Waals surface area contributed by atoms with Crippen molar-refractivity contribution >= 4 is 23.1 Å². The number of carboxylic acids is 1. The molecule has 1 N–H and O–H groups in total. The lowest BCUT2D eigenvalue weighted by molar-refractivity contribution is 0.0502. The van der Waals surface area contributed by atoms with Crippen molar-refractivity contribution in [2.75, 3.05) is 64.3 Å². The Morgan fingerprint density at radius 2 is 1.44 bits per heavy atom. The van der Waals surface area contributed by atoms with Crippen molar-refractivity contribution < 1.29 is 19.4 Å². The standard InChI is InChI=1S/C25H34N2O2.C9H11NO2/c1-5-20(2)25(26(3)4,19-21-9-7-6-8-10-21)24(28)22-11-13-23(14-12-22)27-15-17-29-18-16-27;1-10(2)8-5-3-7(4-6-8)9(11)12/h6-14,20H,5,15-19H2,1-4H3;3-6H,1-2H3,(H,11,12). The summed E-state index contributed by atoms with van der Waals surface area (Å²) in [7, 11) is 7.90. The zero-order valence-electron chi connectivity index (χ0n) is 25.3. The third-order valence-electron chi connectivity index (χ3n) is 8.07. The molecule has 7 heteroatoms. The molecule has 0 saturated carbocycles. The van der Waals surface area contributed by atoms with E-state index >= 15 is 0 Å². The molecule has 2 atom stereocenters. The number of ketones is 1. The van der Waals surface area contributed by atoms with Crippen LogP contribution < -0.4 is 9.80 Å². The zero-order chi connectivity index (χ0) is 30.0. The maximum atomic E-state index is 13.9. The van der Waals surface area contributed by atoms with Crippen LogP contribution in [0, 0.1) is 5.92 Å². The first-order valence-electron chi connectivity index (χ1n) is 14.3. The molecule has 4 rings (SSSR count). The predicted molar refractivity (Wildman–Crippen MR) is 168 cm³/mol. The highest BCUT2D eigenvalue weighted by atomic mass is 16.5. The van der Waals surface area contributed by atoms with E-state index < -0.39 is 11.5 Å². The van der Waals surface area contributed by atoms with E-state index in [-0.39, 0.29) is 11.7 Å². The molecule has 220 valence electrons. The van der Waals surface area contributed by atoms with Gasteiger partial charge in [0.15, 0.2) is 5.78 Å². The maximum absolute atomic E-state index is 13.9. The summed E-state index contributed by atoms with van der Waals surface area (Å²) in [4.78, 5) is 30.8. The summed E-state index contributed by atoms with van der Waals surface area (Å²) in [5, 5.41) is 8.60. The first-order chi connectivity index (χ1) is 19.6. The number of ether oxygens (including phenoxy) is 1. The Bertz CT molecular complexity index is 1240. The lowest BCUT2D eigenvalue weighted by Crippen LogP contribution is -2.57. The number of rotatable bonds is 10. The van der Waals surface area contributed by atoms with Gasteiger partial charge in [0, 0.05) is 44.1 Å². The number of carboxylic acid groups (broad SMARTS) is 1. The lowest BCUT2D eigenvalue weighted by atomic mass is 9.72. The van der Waals surface area contributed by atoms with E-state index in [1.165, 1.54) is 5.56 Å². The number of likely N-dealkylation sites (N-methyl/N-ethyl adjacent to an activating group) is 1. The fourth-order valence-electron chi connectivity index (χ4n) is 5.32. The van der Waals surface area contributed by atoms with Crippen LogP contribution in [-0.4, -0.2) is 81.8 Å². The molecule has 3 aromatic rings. The second kappa shape index (κ2) is 14.8. The summed E-state index contributed by atoms with van der Waals surface area (Å²) >= 11 is 0. The van der Waals surface area contributed by atoms with Crippen LogP contribution in [0.15, 0.2) is 78.9 Å². The second-order valence-electron chi connectivity index (χ2n) is 11.0. The summed E-state index contributed by atoms with van der Waals surface area (Å²) in [6, 6.07) is 25.3. The molecule has 0 radical (unpaired) electrons. The van der Waals surface area contributed by atoms with Gasteiger partial charge in [0.1, 0.15) is 0 Å². The topological polar surface area (TPSA) is 73.3 Å². The number of carbonyl (C=O) groups excluding carboxylic acids is 1. The number of anilines is 2. The molecule has 0 bridgehead atoms. The van der Waals surface area contributed by atoms with Crippen molar-refractivity contribution in [1.82, 2.24) is 4.90 Å². The molecule has 0 aromatic heterocycles. The molecule has 1 aliphatic rings. The van der Waals surface area contributed by atoms with E-state index in [4.69, 9.17) is 9.84 Å². The van der Waals surface area contributed by atoms with Crippen LogP contribution in [-0.2, 0) is 11.2 Å². The molecule has 0 spiro atoms. The van der Waals surface area contributed by atoms with Crippen LogP contribution in [0.25, 0.3) is 0 Å². The van der Waals surface area contributed by atoms with E-state index in [2.05, 4.69) is 47.9 Å². The molecule has 1 aliphatic heterocycles. The summed E-state index contributed by atoms with van der Waals surface area (Å²) in [5.41, 5.74) is 3.88. The van der Waals surface area contributed by atoms with E-state index in [0.717, 1.165) is 49.7 Å².